The molecule has 0 aliphatic rings. The molecule has 1 heterocycles. The van der Waals surface area contributed by atoms with Crippen LogP contribution in [0.25, 0.3) is 32.4 Å². The Morgan fingerprint density at radius 3 is 2.36 bits per heavy atom. The number of hydrogen-bond acceptors (Lipinski definition) is 9. The number of aromatic amines is 1. The Bertz CT molecular complexity index is 2500. The standard InChI is InChI=1S/C43H42FN5O7/c1-4-55-38(50)20-19-36(41(52)49-37(43(54)56-5-2)22-29-11-8-10-27-9-6-7-12-31(27)29)48-40(51)32-17-16-30(23-34(32)44)45-24-26-13-14-28-15-18-35-39(33(28)21-26)42(53)47-25(3)46-35/h6-18,21,23,36-37,45H,4-5,19-20,22,24H2,1-3H3,(H,48,51)(H,49,52)(H,46,47,53)/t36-,37-/m0/s1. The van der Waals surface area contributed by atoms with Crippen LogP contribution in [0.4, 0.5) is 10.1 Å². The first-order valence-corrected chi connectivity index (χ1v) is 18.4. The van der Waals surface area contributed by atoms with Crippen LogP contribution >= 0.6 is 0 Å². The van der Waals surface area contributed by atoms with Crippen molar-refractivity contribution in [2.45, 2.75) is 58.7 Å². The number of amides is 2. The van der Waals surface area contributed by atoms with Gasteiger partial charge in [-0.05, 0) is 90.2 Å². The van der Waals surface area contributed by atoms with Gasteiger partial charge in [-0.2, -0.15) is 0 Å². The molecule has 288 valence electrons. The van der Waals surface area contributed by atoms with Crippen LogP contribution in [0.2, 0.25) is 0 Å². The second-order valence-electron chi connectivity index (χ2n) is 13.2. The molecule has 0 saturated heterocycles. The van der Waals surface area contributed by atoms with Crippen LogP contribution in [0.5, 0.6) is 0 Å². The lowest BCUT2D eigenvalue weighted by Crippen LogP contribution is -2.52. The van der Waals surface area contributed by atoms with Crippen LogP contribution in [0.3, 0.4) is 0 Å². The number of anilines is 1. The average Bonchev–Trinajstić information content (AvgIpc) is 3.18. The number of aromatic nitrogens is 2. The third kappa shape index (κ3) is 9.17. The highest BCUT2D eigenvalue weighted by molar-refractivity contribution is 6.06. The van der Waals surface area contributed by atoms with Crippen LogP contribution in [0.1, 0.15) is 54.0 Å². The SMILES string of the molecule is CCOC(=O)CC[C@H](NC(=O)c1ccc(NCc2ccc3ccc4nc(C)[nH]c(=O)c4c3c2)cc1F)C(=O)N[C@@H](Cc1cccc2ccccc12)C(=O)OCC. The van der Waals surface area contributed by atoms with Gasteiger partial charge in [-0.1, -0.05) is 60.7 Å². The molecule has 13 heteroatoms. The van der Waals surface area contributed by atoms with Gasteiger partial charge in [0.2, 0.25) is 5.91 Å². The molecule has 6 aromatic rings. The summed E-state index contributed by atoms with van der Waals surface area (Å²) < 4.78 is 25.8. The zero-order valence-electron chi connectivity index (χ0n) is 31.2. The second kappa shape index (κ2) is 17.7. The van der Waals surface area contributed by atoms with E-state index in [0.29, 0.717) is 22.4 Å². The summed E-state index contributed by atoms with van der Waals surface area (Å²) >= 11 is 0. The lowest BCUT2D eigenvalue weighted by molar-refractivity contribution is -0.148. The Hall–Kier alpha value is -6.63. The van der Waals surface area contributed by atoms with Crippen molar-refractivity contribution in [3.63, 3.8) is 0 Å². The van der Waals surface area contributed by atoms with Crippen molar-refractivity contribution >= 4 is 61.9 Å². The van der Waals surface area contributed by atoms with Gasteiger partial charge in [0, 0.05) is 25.1 Å². The lowest BCUT2D eigenvalue weighted by atomic mass is 9.98. The molecule has 2 amide bonds. The van der Waals surface area contributed by atoms with E-state index in [0.717, 1.165) is 38.7 Å². The highest BCUT2D eigenvalue weighted by Gasteiger charge is 2.30. The molecular formula is C43H42FN5O7. The Kier molecular flexibility index (Phi) is 12.3. The Morgan fingerprint density at radius 2 is 1.57 bits per heavy atom. The van der Waals surface area contributed by atoms with E-state index >= 15 is 4.39 Å². The summed E-state index contributed by atoms with van der Waals surface area (Å²) in [6.07, 6.45) is -0.303. The van der Waals surface area contributed by atoms with Crippen molar-refractivity contribution < 1.29 is 33.0 Å². The summed E-state index contributed by atoms with van der Waals surface area (Å²) in [5.41, 5.74) is 2.01. The molecule has 0 unspecified atom stereocenters. The highest BCUT2D eigenvalue weighted by atomic mass is 19.1. The fourth-order valence-electron chi connectivity index (χ4n) is 6.64. The molecule has 0 bridgehead atoms. The molecule has 0 spiro atoms. The molecule has 6 rings (SSSR count). The molecule has 0 aliphatic carbocycles. The number of hydrogen-bond donors (Lipinski definition) is 4. The van der Waals surface area contributed by atoms with E-state index in [1.807, 2.05) is 66.7 Å². The van der Waals surface area contributed by atoms with Gasteiger partial charge >= 0.3 is 11.9 Å². The van der Waals surface area contributed by atoms with Crippen molar-refractivity contribution in [1.82, 2.24) is 20.6 Å². The van der Waals surface area contributed by atoms with Crippen LogP contribution in [-0.4, -0.2) is 59.0 Å². The largest absolute Gasteiger partial charge is 0.466 e. The minimum absolute atomic E-state index is 0.0753. The predicted octanol–water partition coefficient (Wildman–Crippen LogP) is 6.02. The zero-order chi connectivity index (χ0) is 39.8. The molecule has 56 heavy (non-hydrogen) atoms. The molecule has 0 fully saturated rings. The van der Waals surface area contributed by atoms with E-state index in [1.165, 1.54) is 12.1 Å². The number of nitrogens with zero attached hydrogens (tertiary/aromatic N) is 1. The summed E-state index contributed by atoms with van der Waals surface area (Å²) in [6, 6.07) is 24.2. The minimum atomic E-state index is -1.33. The van der Waals surface area contributed by atoms with Crippen molar-refractivity contribution in [3.05, 3.63) is 130 Å². The molecular weight excluding hydrogens is 717 g/mol. The number of carbonyl (C=O) groups is 4. The van der Waals surface area contributed by atoms with Crippen molar-refractivity contribution in [1.29, 1.82) is 0 Å². The van der Waals surface area contributed by atoms with E-state index < -0.39 is 41.7 Å². The van der Waals surface area contributed by atoms with Gasteiger partial charge in [0.05, 0.1) is 29.7 Å². The van der Waals surface area contributed by atoms with E-state index in [4.69, 9.17) is 9.47 Å². The van der Waals surface area contributed by atoms with Crippen LogP contribution in [-0.2, 0) is 36.8 Å². The van der Waals surface area contributed by atoms with Crippen LogP contribution in [0.15, 0.2) is 95.8 Å². The fraction of sp³-hybridized carbons (Fsp3) is 0.256. The lowest BCUT2D eigenvalue weighted by Gasteiger charge is -2.23. The topological polar surface area (TPSA) is 169 Å². The predicted molar refractivity (Wildman–Crippen MR) is 212 cm³/mol. The van der Waals surface area contributed by atoms with Crippen LogP contribution in [0, 0.1) is 12.7 Å². The fourth-order valence-corrected chi connectivity index (χ4v) is 6.64. The number of aryl methyl sites for hydroxylation is 1. The Labute approximate surface area is 321 Å². The summed E-state index contributed by atoms with van der Waals surface area (Å²) in [5.74, 6) is -3.24. The van der Waals surface area contributed by atoms with E-state index in [2.05, 4.69) is 25.9 Å². The van der Waals surface area contributed by atoms with E-state index in [-0.39, 0.29) is 50.1 Å². The number of ether oxygens (including phenoxy) is 2. The van der Waals surface area contributed by atoms with Crippen molar-refractivity contribution in [3.8, 4) is 0 Å². The third-order valence-corrected chi connectivity index (χ3v) is 9.34. The number of benzene rings is 5. The molecule has 12 nitrogen and oxygen atoms in total. The number of nitrogens with one attached hydrogen (secondary N) is 4. The third-order valence-electron chi connectivity index (χ3n) is 9.34. The number of carbonyl (C=O) groups excluding carboxylic acids is 4. The van der Waals surface area contributed by atoms with Gasteiger partial charge in [0.25, 0.3) is 11.5 Å². The monoisotopic (exact) mass is 759 g/mol. The number of fused-ring (bicyclic) bond motifs is 4. The Balaban J connectivity index is 1.17. The normalized spacial score (nSPS) is 12.2. The summed E-state index contributed by atoms with van der Waals surface area (Å²) in [5, 5.41) is 12.3. The zero-order valence-corrected chi connectivity index (χ0v) is 31.2. The van der Waals surface area contributed by atoms with Gasteiger partial charge in [0.1, 0.15) is 23.7 Å². The average molecular weight is 760 g/mol. The molecule has 5 aromatic carbocycles. The molecule has 0 saturated carbocycles. The first kappa shape index (κ1) is 39.1. The van der Waals surface area contributed by atoms with Crippen molar-refractivity contribution in [2.75, 3.05) is 18.5 Å². The van der Waals surface area contributed by atoms with Gasteiger partial charge in [-0.3, -0.25) is 19.2 Å². The maximum absolute atomic E-state index is 15.5. The highest BCUT2D eigenvalue weighted by Crippen LogP contribution is 2.25. The van der Waals surface area contributed by atoms with Gasteiger partial charge in [0.15, 0.2) is 0 Å². The second-order valence-corrected chi connectivity index (χ2v) is 13.2. The number of esters is 2. The molecule has 4 N–H and O–H groups in total. The first-order valence-electron chi connectivity index (χ1n) is 18.4. The first-order chi connectivity index (χ1) is 27.0. The number of rotatable bonds is 15. The smallest absolute Gasteiger partial charge is 0.328 e. The van der Waals surface area contributed by atoms with Gasteiger partial charge in [-0.25, -0.2) is 14.2 Å². The van der Waals surface area contributed by atoms with Crippen molar-refractivity contribution in [2.24, 2.45) is 0 Å². The minimum Gasteiger partial charge on any atom is -0.466 e. The molecule has 0 aliphatic heterocycles. The number of halogens is 1. The molecule has 2 atom stereocenters. The quantitative estimate of drug-likeness (QED) is 0.0723. The summed E-state index contributed by atoms with van der Waals surface area (Å²) in [6.45, 7) is 5.50. The maximum Gasteiger partial charge on any atom is 0.328 e. The maximum atomic E-state index is 15.5. The van der Waals surface area contributed by atoms with Gasteiger partial charge in [-0.15, -0.1) is 0 Å². The summed E-state index contributed by atoms with van der Waals surface area (Å²) in [4.78, 5) is 72.7. The molecule has 1 aromatic heterocycles. The summed E-state index contributed by atoms with van der Waals surface area (Å²) in [7, 11) is 0. The Morgan fingerprint density at radius 1 is 0.821 bits per heavy atom. The molecule has 0 radical (unpaired) electrons. The van der Waals surface area contributed by atoms with Crippen LogP contribution < -0.4 is 21.5 Å². The van der Waals surface area contributed by atoms with E-state index in [1.54, 1.807) is 26.8 Å². The number of H-pyrrole nitrogens is 1. The van der Waals surface area contributed by atoms with E-state index in [9.17, 15) is 24.0 Å². The van der Waals surface area contributed by atoms with Gasteiger partial charge < -0.3 is 30.4 Å².